The van der Waals surface area contributed by atoms with Crippen LogP contribution in [0.25, 0.3) is 21.9 Å². The van der Waals surface area contributed by atoms with E-state index >= 15 is 0 Å². The number of piperazine rings is 1. The Balaban J connectivity index is 1.05. The molecule has 7 rings (SSSR count). The monoisotopic (exact) mass is 680 g/mol. The third-order valence-corrected chi connectivity index (χ3v) is 11.1. The number of allylic oxidation sites excluding steroid dienone is 1. The van der Waals surface area contributed by atoms with Crippen molar-refractivity contribution in [2.75, 3.05) is 52.5 Å². The van der Waals surface area contributed by atoms with Crippen molar-refractivity contribution >= 4 is 34.3 Å². The lowest BCUT2D eigenvalue weighted by Gasteiger charge is -2.42. The van der Waals surface area contributed by atoms with Crippen LogP contribution in [0.15, 0.2) is 59.7 Å². The number of benzene rings is 2. The zero-order chi connectivity index (χ0) is 34.8. The van der Waals surface area contributed by atoms with Crippen LogP contribution in [-0.2, 0) is 20.7 Å². The number of carbonyl (C=O) groups is 2. The molecule has 0 bridgehead atoms. The van der Waals surface area contributed by atoms with E-state index in [2.05, 4.69) is 26.3 Å². The molecule has 2 aromatic heterocycles. The third-order valence-electron chi connectivity index (χ3n) is 11.1. The summed E-state index contributed by atoms with van der Waals surface area (Å²) in [5.74, 6) is 0.463. The Bertz CT molecular complexity index is 1910. The van der Waals surface area contributed by atoms with Gasteiger partial charge in [0.2, 0.25) is 5.91 Å². The number of amides is 1. The number of ether oxygens (including phenoxy) is 2. The van der Waals surface area contributed by atoms with E-state index in [0.717, 1.165) is 122 Å². The van der Waals surface area contributed by atoms with Gasteiger partial charge in [0.1, 0.15) is 5.75 Å². The lowest BCUT2D eigenvalue weighted by molar-refractivity contribution is -0.138. The molecule has 1 atom stereocenters. The summed E-state index contributed by atoms with van der Waals surface area (Å²) >= 11 is 0. The molecule has 0 unspecified atom stereocenters. The fraction of sp³-hybridized carbons (Fsp3) is 0.487. The summed E-state index contributed by atoms with van der Waals surface area (Å²) in [6.07, 6.45) is 6.63. The maximum atomic E-state index is 14.3. The zero-order valence-corrected chi connectivity index (χ0v) is 29.2. The summed E-state index contributed by atoms with van der Waals surface area (Å²) in [6.45, 7) is 15.2. The largest absolute Gasteiger partial charge is 0.428 e. The standard InChI is InChI=1S/C39H48N6O5/c1-26-20-29(21-27(2)37(26)50-25-46)23-30(38(47)44-16-14-43(15-17-44)31-10-18-49-19-11-31)22-28(3)42-12-8-32(9-13-42)45-35-24-40-34-7-5-4-6-33(34)36(35)41-39(45)48/h4-7,20-21,24-25,30-32H,3,8-19,22-23H2,1-2H3,(H,41,48)/t30-/m1/s1. The second-order valence-corrected chi connectivity index (χ2v) is 14.2. The molecule has 4 aromatic rings. The van der Waals surface area contributed by atoms with E-state index in [0.29, 0.717) is 31.1 Å². The van der Waals surface area contributed by atoms with Gasteiger partial charge in [-0.3, -0.25) is 24.0 Å². The topological polar surface area (TPSA) is 113 Å². The van der Waals surface area contributed by atoms with E-state index in [9.17, 15) is 14.4 Å². The maximum absolute atomic E-state index is 14.3. The Morgan fingerprint density at radius 3 is 2.40 bits per heavy atom. The van der Waals surface area contributed by atoms with Crippen LogP contribution in [0, 0.1) is 19.8 Å². The number of aromatic nitrogens is 3. The predicted molar refractivity (Wildman–Crippen MR) is 193 cm³/mol. The Kier molecular flexibility index (Phi) is 10.1. The maximum Gasteiger partial charge on any atom is 0.326 e. The highest BCUT2D eigenvalue weighted by molar-refractivity contribution is 6.01. The number of hydrogen-bond acceptors (Lipinski definition) is 8. The molecule has 1 N–H and O–H groups in total. The van der Waals surface area contributed by atoms with Crippen LogP contribution in [0.3, 0.4) is 0 Å². The molecule has 0 saturated carbocycles. The Morgan fingerprint density at radius 2 is 1.70 bits per heavy atom. The summed E-state index contributed by atoms with van der Waals surface area (Å²) in [5.41, 5.74) is 6.18. The highest BCUT2D eigenvalue weighted by Gasteiger charge is 2.33. The lowest BCUT2D eigenvalue weighted by atomic mass is 9.90. The molecule has 11 heteroatoms. The van der Waals surface area contributed by atoms with Crippen molar-refractivity contribution in [2.24, 2.45) is 5.92 Å². The predicted octanol–water partition coefficient (Wildman–Crippen LogP) is 4.75. The van der Waals surface area contributed by atoms with Crippen LogP contribution in [0.4, 0.5) is 0 Å². The molecule has 11 nitrogen and oxygen atoms in total. The molecule has 3 aliphatic rings. The second-order valence-electron chi connectivity index (χ2n) is 14.2. The molecule has 1 amide bonds. The number of carbonyl (C=O) groups excluding carboxylic acids is 2. The van der Waals surface area contributed by atoms with Crippen LogP contribution in [0.2, 0.25) is 0 Å². The number of H-pyrrole nitrogens is 1. The van der Waals surface area contributed by atoms with Gasteiger partial charge in [-0.15, -0.1) is 0 Å². The second kappa shape index (κ2) is 14.8. The van der Waals surface area contributed by atoms with Gasteiger partial charge in [-0.1, -0.05) is 36.9 Å². The molecule has 264 valence electrons. The quantitative estimate of drug-likeness (QED) is 0.239. The fourth-order valence-corrected chi connectivity index (χ4v) is 8.48. The molecule has 2 aromatic carbocycles. The molecular formula is C39H48N6O5. The zero-order valence-electron chi connectivity index (χ0n) is 29.2. The van der Waals surface area contributed by atoms with E-state index < -0.39 is 0 Å². The molecule has 3 fully saturated rings. The van der Waals surface area contributed by atoms with Gasteiger partial charge in [0.15, 0.2) is 0 Å². The van der Waals surface area contributed by atoms with Crippen molar-refractivity contribution < 1.29 is 19.1 Å². The van der Waals surface area contributed by atoms with Crippen LogP contribution in [0.5, 0.6) is 5.75 Å². The SMILES string of the molecule is C=C(C[C@H](Cc1cc(C)c(OC=O)c(C)c1)C(=O)N1CCN(C2CCOCC2)CC1)N1CCC(n2c(=O)[nH]c3c4ccccc4ncc32)CC1. The highest BCUT2D eigenvalue weighted by Crippen LogP contribution is 2.32. The van der Waals surface area contributed by atoms with Gasteiger partial charge < -0.3 is 24.3 Å². The third kappa shape index (κ3) is 6.93. The number of rotatable bonds is 10. The van der Waals surface area contributed by atoms with Crippen LogP contribution in [-0.4, -0.2) is 100 Å². The first-order chi connectivity index (χ1) is 24.3. The van der Waals surface area contributed by atoms with Crippen LogP contribution in [0.1, 0.15) is 54.8 Å². The van der Waals surface area contributed by atoms with Crippen molar-refractivity contribution in [3.8, 4) is 5.75 Å². The first kappa shape index (κ1) is 34.0. The van der Waals surface area contributed by atoms with E-state index in [1.54, 1.807) is 0 Å². The van der Waals surface area contributed by atoms with Gasteiger partial charge >= 0.3 is 5.69 Å². The molecule has 0 spiro atoms. The van der Waals surface area contributed by atoms with Crippen molar-refractivity contribution in [3.05, 3.63) is 82.0 Å². The summed E-state index contributed by atoms with van der Waals surface area (Å²) in [7, 11) is 0. The molecular weight excluding hydrogens is 632 g/mol. The molecule has 50 heavy (non-hydrogen) atoms. The first-order valence-corrected chi connectivity index (χ1v) is 18.0. The molecule has 3 saturated heterocycles. The minimum atomic E-state index is -0.276. The van der Waals surface area contributed by atoms with Crippen LogP contribution >= 0.6 is 0 Å². The van der Waals surface area contributed by atoms with Gasteiger partial charge in [-0.25, -0.2) is 4.79 Å². The van der Waals surface area contributed by atoms with E-state index in [4.69, 9.17) is 9.47 Å². The number of para-hydroxylation sites is 1. The Labute approximate surface area is 292 Å². The number of hydrogen-bond donors (Lipinski definition) is 1. The van der Waals surface area contributed by atoms with Crippen molar-refractivity contribution in [1.82, 2.24) is 29.2 Å². The van der Waals surface area contributed by atoms with E-state index in [-0.39, 0.29) is 23.6 Å². The summed E-state index contributed by atoms with van der Waals surface area (Å²) in [6, 6.07) is 12.5. The van der Waals surface area contributed by atoms with Gasteiger partial charge in [-0.05, 0) is 75.1 Å². The Morgan fingerprint density at radius 1 is 1.00 bits per heavy atom. The van der Waals surface area contributed by atoms with Crippen LogP contribution < -0.4 is 10.4 Å². The molecule has 3 aliphatic heterocycles. The molecule has 0 radical (unpaired) electrons. The van der Waals surface area contributed by atoms with Crippen molar-refractivity contribution in [2.45, 2.75) is 64.5 Å². The van der Waals surface area contributed by atoms with Gasteiger partial charge in [0, 0.05) is 81.6 Å². The molecule has 5 heterocycles. The number of pyridine rings is 1. The number of fused-ring (bicyclic) bond motifs is 3. The number of aromatic amines is 1. The van der Waals surface area contributed by atoms with E-state index in [1.807, 2.05) is 65.9 Å². The Hall–Kier alpha value is -4.48. The fourth-order valence-electron chi connectivity index (χ4n) is 8.48. The number of imidazole rings is 1. The van der Waals surface area contributed by atoms with Gasteiger partial charge in [0.05, 0.1) is 22.7 Å². The number of likely N-dealkylation sites (tertiary alicyclic amines) is 1. The number of nitrogens with zero attached hydrogens (tertiary/aromatic N) is 5. The average molecular weight is 681 g/mol. The molecule has 0 aliphatic carbocycles. The number of aryl methyl sites for hydroxylation is 2. The van der Waals surface area contributed by atoms with Crippen molar-refractivity contribution in [3.63, 3.8) is 0 Å². The minimum Gasteiger partial charge on any atom is -0.428 e. The first-order valence-electron chi connectivity index (χ1n) is 18.0. The van der Waals surface area contributed by atoms with Gasteiger partial charge in [-0.2, -0.15) is 0 Å². The summed E-state index contributed by atoms with van der Waals surface area (Å²) in [5, 5.41) is 0.948. The average Bonchev–Trinajstić information content (AvgIpc) is 3.49. The van der Waals surface area contributed by atoms with E-state index in [1.165, 1.54) is 0 Å². The number of piperidine rings is 1. The lowest BCUT2D eigenvalue weighted by Crippen LogP contribution is -2.54. The summed E-state index contributed by atoms with van der Waals surface area (Å²) in [4.78, 5) is 53.2. The normalized spacial score (nSPS) is 18.8. The number of nitrogens with one attached hydrogen (secondary N) is 1. The smallest absolute Gasteiger partial charge is 0.326 e. The minimum absolute atomic E-state index is 0.0470. The highest BCUT2D eigenvalue weighted by atomic mass is 16.5. The summed E-state index contributed by atoms with van der Waals surface area (Å²) < 4.78 is 12.7. The van der Waals surface area contributed by atoms with Gasteiger partial charge in [0.25, 0.3) is 6.47 Å². The van der Waals surface area contributed by atoms with Crippen molar-refractivity contribution in [1.29, 1.82) is 0 Å².